The van der Waals surface area contributed by atoms with Crippen LogP contribution < -0.4 is 10.5 Å². The van der Waals surface area contributed by atoms with E-state index in [9.17, 15) is 0 Å². The minimum atomic E-state index is 0.160. The van der Waals surface area contributed by atoms with Crippen LogP contribution in [0, 0.1) is 0 Å². The van der Waals surface area contributed by atoms with Crippen molar-refractivity contribution in [2.75, 3.05) is 6.73 Å². The molecule has 0 aromatic carbocycles. The second kappa shape index (κ2) is 2.32. The number of imidazole rings is 1. The molecular formula is C4H7N3O. The average Bonchev–Trinajstić information content (AvgIpc) is 2.19. The Hall–Kier alpha value is -1.03. The van der Waals surface area contributed by atoms with E-state index in [1.165, 1.54) is 0 Å². The Kier molecular flexibility index (Phi) is 1.48. The van der Waals surface area contributed by atoms with Crippen LogP contribution in [0.4, 0.5) is 0 Å². The van der Waals surface area contributed by atoms with Crippen molar-refractivity contribution in [3.8, 4) is 6.01 Å². The first-order valence-electron chi connectivity index (χ1n) is 2.25. The normalized spacial score (nSPS) is 9.12. The molecular weight excluding hydrogens is 106 g/mol. The van der Waals surface area contributed by atoms with E-state index < -0.39 is 0 Å². The molecule has 0 fully saturated rings. The molecule has 0 atom stereocenters. The predicted octanol–water partition coefficient (Wildman–Crippen LogP) is -0.295. The van der Waals surface area contributed by atoms with Gasteiger partial charge in [0.2, 0.25) is 0 Å². The molecule has 1 aromatic heterocycles. The maximum atomic E-state index is 5.04. The zero-order chi connectivity index (χ0) is 5.82. The van der Waals surface area contributed by atoms with Crippen LogP contribution in [0.1, 0.15) is 0 Å². The van der Waals surface area contributed by atoms with Gasteiger partial charge in [-0.2, -0.15) is 0 Å². The first-order valence-corrected chi connectivity index (χ1v) is 2.25. The molecule has 0 saturated carbocycles. The van der Waals surface area contributed by atoms with Gasteiger partial charge in [-0.25, -0.2) is 4.98 Å². The zero-order valence-corrected chi connectivity index (χ0v) is 4.29. The topological polar surface area (TPSA) is 63.9 Å². The fraction of sp³-hybridized carbons (Fsp3) is 0.250. The van der Waals surface area contributed by atoms with Crippen LogP contribution in [0.5, 0.6) is 6.01 Å². The zero-order valence-electron chi connectivity index (χ0n) is 4.29. The number of aromatic amines is 1. The summed E-state index contributed by atoms with van der Waals surface area (Å²) in [7, 11) is 0. The summed E-state index contributed by atoms with van der Waals surface area (Å²) in [5.74, 6) is 0. The van der Waals surface area contributed by atoms with Gasteiger partial charge in [0.05, 0.1) is 0 Å². The lowest BCUT2D eigenvalue weighted by Gasteiger charge is -1.92. The van der Waals surface area contributed by atoms with Crippen molar-refractivity contribution in [2.45, 2.75) is 0 Å². The molecule has 0 spiro atoms. The van der Waals surface area contributed by atoms with Crippen LogP contribution in [0.2, 0.25) is 0 Å². The summed E-state index contributed by atoms with van der Waals surface area (Å²) < 4.78 is 4.76. The van der Waals surface area contributed by atoms with E-state index in [4.69, 9.17) is 10.5 Å². The van der Waals surface area contributed by atoms with Crippen molar-refractivity contribution >= 4 is 0 Å². The van der Waals surface area contributed by atoms with Crippen LogP contribution in [0.3, 0.4) is 0 Å². The summed E-state index contributed by atoms with van der Waals surface area (Å²) in [4.78, 5) is 6.47. The molecule has 0 aliphatic heterocycles. The van der Waals surface area contributed by atoms with E-state index in [1.807, 2.05) is 0 Å². The Balaban J connectivity index is 2.50. The summed E-state index contributed by atoms with van der Waals surface area (Å²) in [6, 6.07) is 0.465. The maximum Gasteiger partial charge on any atom is 0.294 e. The monoisotopic (exact) mass is 113 g/mol. The quantitative estimate of drug-likeness (QED) is 0.518. The lowest BCUT2D eigenvalue weighted by molar-refractivity contribution is 0.306. The third-order valence-corrected chi connectivity index (χ3v) is 0.693. The molecule has 44 valence electrons. The van der Waals surface area contributed by atoms with Crippen LogP contribution in [-0.2, 0) is 0 Å². The van der Waals surface area contributed by atoms with Crippen molar-refractivity contribution in [1.82, 2.24) is 9.97 Å². The van der Waals surface area contributed by atoms with Crippen LogP contribution in [0.15, 0.2) is 12.4 Å². The Bertz CT molecular complexity index is 137. The molecule has 3 N–H and O–H groups in total. The number of nitrogens with one attached hydrogen (secondary N) is 1. The molecule has 0 aliphatic carbocycles. The Morgan fingerprint density at radius 2 is 2.75 bits per heavy atom. The number of nitrogens with zero attached hydrogens (tertiary/aromatic N) is 1. The van der Waals surface area contributed by atoms with Crippen molar-refractivity contribution < 1.29 is 4.74 Å². The number of H-pyrrole nitrogens is 1. The standard InChI is InChI=1S/C4H7N3O/c5-3-8-4-6-1-2-7-4/h1-2H,3,5H2,(H,6,7). The summed E-state index contributed by atoms with van der Waals surface area (Å²) in [6.45, 7) is 0.160. The molecule has 1 rings (SSSR count). The Morgan fingerprint density at radius 1 is 1.88 bits per heavy atom. The highest BCUT2D eigenvalue weighted by Gasteiger charge is 1.87. The van der Waals surface area contributed by atoms with Crippen LogP contribution >= 0.6 is 0 Å². The average molecular weight is 113 g/mol. The summed E-state index contributed by atoms with van der Waals surface area (Å²) in [6.07, 6.45) is 3.27. The minimum Gasteiger partial charge on any atom is -0.449 e. The molecule has 1 heterocycles. The first kappa shape index (κ1) is 5.11. The van der Waals surface area contributed by atoms with E-state index >= 15 is 0 Å². The number of rotatable bonds is 2. The highest BCUT2D eigenvalue weighted by atomic mass is 16.5. The molecule has 0 saturated heterocycles. The van der Waals surface area contributed by atoms with E-state index in [2.05, 4.69) is 9.97 Å². The molecule has 0 unspecified atom stereocenters. The van der Waals surface area contributed by atoms with Crippen molar-refractivity contribution in [2.24, 2.45) is 5.73 Å². The molecule has 0 amide bonds. The van der Waals surface area contributed by atoms with Crippen LogP contribution in [0.25, 0.3) is 0 Å². The van der Waals surface area contributed by atoms with Gasteiger partial charge in [-0.05, 0) is 0 Å². The van der Waals surface area contributed by atoms with Gasteiger partial charge in [0.15, 0.2) is 0 Å². The van der Waals surface area contributed by atoms with Gasteiger partial charge in [0, 0.05) is 12.4 Å². The van der Waals surface area contributed by atoms with Gasteiger partial charge in [0.1, 0.15) is 6.73 Å². The van der Waals surface area contributed by atoms with Gasteiger partial charge in [-0.1, -0.05) is 0 Å². The predicted molar refractivity (Wildman–Crippen MR) is 28.3 cm³/mol. The first-order chi connectivity index (χ1) is 3.93. The van der Waals surface area contributed by atoms with Crippen molar-refractivity contribution in [1.29, 1.82) is 0 Å². The number of ether oxygens (including phenoxy) is 1. The molecule has 0 bridgehead atoms. The van der Waals surface area contributed by atoms with Crippen molar-refractivity contribution in [3.63, 3.8) is 0 Å². The van der Waals surface area contributed by atoms with Crippen molar-refractivity contribution in [3.05, 3.63) is 12.4 Å². The molecule has 4 heteroatoms. The van der Waals surface area contributed by atoms with Crippen LogP contribution in [-0.4, -0.2) is 16.7 Å². The fourth-order valence-corrected chi connectivity index (χ4v) is 0.409. The SMILES string of the molecule is NCOc1ncc[nH]1. The summed E-state index contributed by atoms with van der Waals surface area (Å²) >= 11 is 0. The molecule has 4 nitrogen and oxygen atoms in total. The second-order valence-corrected chi connectivity index (χ2v) is 1.21. The summed E-state index contributed by atoms with van der Waals surface area (Å²) in [5.41, 5.74) is 5.04. The van der Waals surface area contributed by atoms with E-state index in [-0.39, 0.29) is 6.73 Å². The lowest BCUT2D eigenvalue weighted by Crippen LogP contribution is -2.07. The number of hydrogen-bond donors (Lipinski definition) is 2. The smallest absolute Gasteiger partial charge is 0.294 e. The molecule has 0 radical (unpaired) electrons. The van der Waals surface area contributed by atoms with E-state index in [0.29, 0.717) is 6.01 Å². The Labute approximate surface area is 46.7 Å². The van der Waals surface area contributed by atoms with Gasteiger partial charge >= 0.3 is 0 Å². The third kappa shape index (κ3) is 0.974. The fourth-order valence-electron chi connectivity index (χ4n) is 0.409. The number of aromatic nitrogens is 2. The maximum absolute atomic E-state index is 5.04. The molecule has 8 heavy (non-hydrogen) atoms. The molecule has 0 aliphatic rings. The minimum absolute atomic E-state index is 0.160. The molecule has 1 aromatic rings. The van der Waals surface area contributed by atoms with Gasteiger partial charge in [-0.3, -0.25) is 5.73 Å². The van der Waals surface area contributed by atoms with Gasteiger partial charge in [-0.15, -0.1) is 0 Å². The summed E-state index contributed by atoms with van der Waals surface area (Å²) in [5, 5.41) is 0. The highest BCUT2D eigenvalue weighted by molar-refractivity contribution is 4.91. The Morgan fingerprint density at radius 3 is 3.25 bits per heavy atom. The highest BCUT2D eigenvalue weighted by Crippen LogP contribution is 1.95. The second-order valence-electron chi connectivity index (χ2n) is 1.21. The van der Waals surface area contributed by atoms with Gasteiger partial charge in [0.25, 0.3) is 6.01 Å². The van der Waals surface area contributed by atoms with E-state index in [1.54, 1.807) is 12.4 Å². The number of nitrogens with two attached hydrogens (primary N) is 1. The third-order valence-electron chi connectivity index (χ3n) is 0.693. The largest absolute Gasteiger partial charge is 0.449 e. The lowest BCUT2D eigenvalue weighted by atomic mass is 11.0. The van der Waals surface area contributed by atoms with E-state index in [0.717, 1.165) is 0 Å². The van der Waals surface area contributed by atoms with Gasteiger partial charge < -0.3 is 9.72 Å². The number of hydrogen-bond acceptors (Lipinski definition) is 3.